The Morgan fingerprint density at radius 3 is 2.09 bits per heavy atom. The molecule has 45 heavy (non-hydrogen) atoms. The van der Waals surface area contributed by atoms with E-state index in [9.17, 15) is 18.0 Å². The average molecular weight is 711 g/mol. The van der Waals surface area contributed by atoms with Gasteiger partial charge in [-0.3, -0.25) is 13.9 Å². The number of benzene rings is 4. The first kappa shape index (κ1) is 34.2. The predicted octanol–water partition coefficient (Wildman–Crippen LogP) is 7.02. The Hall–Kier alpha value is -3.66. The molecule has 0 saturated carbocycles. The van der Waals surface area contributed by atoms with Crippen molar-refractivity contribution in [2.24, 2.45) is 5.92 Å². The number of carbonyl (C=O) groups is 2. The number of para-hydroxylation sites is 1. The molecule has 0 bridgehead atoms. The van der Waals surface area contributed by atoms with Gasteiger partial charge in [-0.05, 0) is 72.0 Å². The lowest BCUT2D eigenvalue weighted by atomic mass is 10.0. The first-order valence-electron chi connectivity index (χ1n) is 14.6. The molecule has 0 aliphatic carbocycles. The molecule has 1 N–H and O–H groups in total. The van der Waals surface area contributed by atoms with Gasteiger partial charge in [0.2, 0.25) is 11.8 Å². The summed E-state index contributed by atoms with van der Waals surface area (Å²) in [5.41, 5.74) is 2.72. The highest BCUT2D eigenvalue weighted by atomic mass is 79.9. The zero-order chi connectivity index (χ0) is 32.6. The van der Waals surface area contributed by atoms with Gasteiger partial charge >= 0.3 is 0 Å². The molecule has 0 aromatic heterocycles. The second-order valence-corrected chi connectivity index (χ2v) is 14.5. The number of rotatable bonds is 13. The minimum Gasteiger partial charge on any atom is -0.354 e. The quantitative estimate of drug-likeness (QED) is 0.162. The summed E-state index contributed by atoms with van der Waals surface area (Å²) in [6.45, 7) is 5.81. The van der Waals surface area contributed by atoms with Gasteiger partial charge in [-0.25, -0.2) is 8.42 Å². The molecule has 0 aliphatic rings. The molecule has 4 aromatic rings. The zero-order valence-electron chi connectivity index (χ0n) is 25.5. The standard InChI is InChI=1S/C35H37BrClN3O4S/c1-25(2)22-38-35(42)33(21-27-10-5-4-6-11-27)39(23-28-13-15-29(36)16-14-28)34(41)24-40(32-12-8-7-9-26(32)3)45(43,44)31-19-17-30(37)18-20-31/h4-20,25,33H,21-24H2,1-3H3,(H,38,42). The Kier molecular flexibility index (Phi) is 11.8. The summed E-state index contributed by atoms with van der Waals surface area (Å²) in [5.74, 6) is -0.622. The minimum atomic E-state index is -4.21. The largest absolute Gasteiger partial charge is 0.354 e. The Balaban J connectivity index is 1.80. The highest BCUT2D eigenvalue weighted by Crippen LogP contribution is 2.28. The van der Waals surface area contributed by atoms with Crippen LogP contribution in [0.25, 0.3) is 0 Å². The Morgan fingerprint density at radius 1 is 0.844 bits per heavy atom. The van der Waals surface area contributed by atoms with Crippen LogP contribution in [-0.4, -0.2) is 44.3 Å². The minimum absolute atomic E-state index is 0.00192. The van der Waals surface area contributed by atoms with Crippen molar-refractivity contribution in [1.82, 2.24) is 10.2 Å². The van der Waals surface area contributed by atoms with Crippen molar-refractivity contribution in [2.45, 2.75) is 44.7 Å². The second-order valence-electron chi connectivity index (χ2n) is 11.2. The predicted molar refractivity (Wildman–Crippen MR) is 184 cm³/mol. The maximum atomic E-state index is 14.5. The van der Waals surface area contributed by atoms with Crippen molar-refractivity contribution >= 4 is 55.1 Å². The van der Waals surface area contributed by atoms with Crippen LogP contribution in [0.5, 0.6) is 0 Å². The van der Waals surface area contributed by atoms with Crippen molar-refractivity contribution in [1.29, 1.82) is 0 Å². The van der Waals surface area contributed by atoms with Gasteiger partial charge in [0.05, 0.1) is 10.6 Å². The molecule has 0 radical (unpaired) electrons. The average Bonchev–Trinajstić information content (AvgIpc) is 3.02. The van der Waals surface area contributed by atoms with Crippen LogP contribution in [0.15, 0.2) is 112 Å². The van der Waals surface area contributed by atoms with Crippen LogP contribution in [0.3, 0.4) is 0 Å². The third kappa shape index (κ3) is 9.19. The van der Waals surface area contributed by atoms with Gasteiger partial charge in [0.25, 0.3) is 10.0 Å². The van der Waals surface area contributed by atoms with Crippen molar-refractivity contribution in [3.63, 3.8) is 0 Å². The lowest BCUT2D eigenvalue weighted by molar-refractivity contribution is -0.140. The summed E-state index contributed by atoms with van der Waals surface area (Å²) in [4.78, 5) is 29.9. The number of amides is 2. The molecular formula is C35H37BrClN3O4S. The molecule has 0 heterocycles. The number of hydrogen-bond donors (Lipinski definition) is 1. The van der Waals surface area contributed by atoms with Gasteiger partial charge < -0.3 is 10.2 Å². The van der Waals surface area contributed by atoms with Crippen LogP contribution in [0.1, 0.15) is 30.5 Å². The Morgan fingerprint density at radius 2 is 1.47 bits per heavy atom. The third-order valence-electron chi connectivity index (χ3n) is 7.29. The summed E-state index contributed by atoms with van der Waals surface area (Å²) in [6, 6.07) is 28.9. The lowest BCUT2D eigenvalue weighted by Gasteiger charge is -2.34. The van der Waals surface area contributed by atoms with Gasteiger partial charge in [-0.1, -0.05) is 102 Å². The molecule has 1 atom stereocenters. The monoisotopic (exact) mass is 709 g/mol. The molecule has 4 aromatic carbocycles. The van der Waals surface area contributed by atoms with Crippen LogP contribution in [-0.2, 0) is 32.6 Å². The number of halogens is 2. The summed E-state index contributed by atoms with van der Waals surface area (Å²) in [7, 11) is -4.21. The van der Waals surface area contributed by atoms with Gasteiger partial charge in [0.15, 0.2) is 0 Å². The lowest BCUT2D eigenvalue weighted by Crippen LogP contribution is -2.53. The molecule has 0 aliphatic heterocycles. The summed E-state index contributed by atoms with van der Waals surface area (Å²) in [6.07, 6.45) is 0.251. The van der Waals surface area contributed by atoms with Crippen LogP contribution in [0.2, 0.25) is 5.02 Å². The molecule has 7 nitrogen and oxygen atoms in total. The summed E-state index contributed by atoms with van der Waals surface area (Å²) in [5, 5.41) is 3.40. The van der Waals surface area contributed by atoms with E-state index in [1.165, 1.54) is 29.2 Å². The number of nitrogens with one attached hydrogen (secondary N) is 1. The maximum Gasteiger partial charge on any atom is 0.264 e. The normalized spacial score (nSPS) is 12.0. The van der Waals surface area contributed by atoms with Crippen LogP contribution >= 0.6 is 27.5 Å². The number of carbonyl (C=O) groups excluding carboxylic acids is 2. The summed E-state index contributed by atoms with van der Waals surface area (Å²) >= 11 is 9.52. The van der Waals surface area contributed by atoms with Gasteiger partial charge in [-0.15, -0.1) is 0 Å². The van der Waals surface area contributed by atoms with Gasteiger partial charge in [-0.2, -0.15) is 0 Å². The molecule has 4 rings (SSSR count). The van der Waals surface area contributed by atoms with Crippen molar-refractivity contribution in [2.75, 3.05) is 17.4 Å². The molecule has 2 amide bonds. The number of sulfonamides is 1. The van der Waals surface area contributed by atoms with Crippen LogP contribution < -0.4 is 9.62 Å². The second kappa shape index (κ2) is 15.6. The number of aryl methyl sites for hydroxylation is 1. The molecule has 0 spiro atoms. The van der Waals surface area contributed by atoms with E-state index < -0.39 is 28.5 Å². The fourth-order valence-corrected chi connectivity index (χ4v) is 6.72. The van der Waals surface area contributed by atoms with E-state index in [1.54, 1.807) is 25.1 Å². The molecule has 236 valence electrons. The first-order chi connectivity index (χ1) is 21.5. The number of hydrogen-bond acceptors (Lipinski definition) is 4. The van der Waals surface area contributed by atoms with E-state index in [-0.39, 0.29) is 29.7 Å². The van der Waals surface area contributed by atoms with E-state index in [0.29, 0.717) is 22.8 Å². The summed E-state index contributed by atoms with van der Waals surface area (Å²) < 4.78 is 30.3. The maximum absolute atomic E-state index is 14.5. The van der Waals surface area contributed by atoms with E-state index in [4.69, 9.17) is 11.6 Å². The number of nitrogens with zero attached hydrogens (tertiary/aromatic N) is 2. The van der Waals surface area contributed by atoms with E-state index in [2.05, 4.69) is 21.2 Å². The topological polar surface area (TPSA) is 86.8 Å². The molecule has 1 unspecified atom stereocenters. The molecule has 0 fully saturated rings. The van der Waals surface area contributed by atoms with Crippen molar-refractivity contribution < 1.29 is 18.0 Å². The van der Waals surface area contributed by atoms with Crippen molar-refractivity contribution in [3.05, 3.63) is 129 Å². The highest BCUT2D eigenvalue weighted by Gasteiger charge is 2.35. The molecular weight excluding hydrogens is 674 g/mol. The zero-order valence-corrected chi connectivity index (χ0v) is 28.6. The highest BCUT2D eigenvalue weighted by molar-refractivity contribution is 9.10. The molecule has 0 saturated heterocycles. The Bertz CT molecular complexity index is 1700. The van der Waals surface area contributed by atoms with Gasteiger partial charge in [0.1, 0.15) is 12.6 Å². The fourth-order valence-electron chi connectivity index (χ4n) is 4.85. The Labute approximate surface area is 279 Å². The van der Waals surface area contributed by atoms with E-state index in [1.807, 2.05) is 74.5 Å². The van der Waals surface area contributed by atoms with Gasteiger partial charge in [0, 0.05) is 29.0 Å². The van der Waals surface area contributed by atoms with Crippen LogP contribution in [0.4, 0.5) is 5.69 Å². The third-order valence-corrected chi connectivity index (χ3v) is 9.84. The molecule has 10 heteroatoms. The smallest absolute Gasteiger partial charge is 0.264 e. The van der Waals surface area contributed by atoms with Crippen molar-refractivity contribution in [3.8, 4) is 0 Å². The van der Waals surface area contributed by atoms with E-state index >= 15 is 0 Å². The fraction of sp³-hybridized carbons (Fsp3) is 0.257. The number of anilines is 1. The van der Waals surface area contributed by atoms with Crippen LogP contribution in [0, 0.1) is 12.8 Å². The first-order valence-corrected chi connectivity index (χ1v) is 17.3. The van der Waals surface area contributed by atoms with E-state index in [0.717, 1.165) is 19.9 Å². The SMILES string of the molecule is Cc1ccccc1N(CC(=O)N(Cc1ccc(Br)cc1)C(Cc1ccccc1)C(=O)NCC(C)C)S(=O)(=O)c1ccc(Cl)cc1.